The van der Waals surface area contributed by atoms with Gasteiger partial charge in [-0.15, -0.1) is 10.2 Å². The maximum absolute atomic E-state index is 14.8. The van der Waals surface area contributed by atoms with Gasteiger partial charge < -0.3 is 24.8 Å². The van der Waals surface area contributed by atoms with Gasteiger partial charge in [-0.1, -0.05) is 11.6 Å². The van der Waals surface area contributed by atoms with E-state index < -0.39 is 17.7 Å². The first kappa shape index (κ1) is 26.0. The number of urea groups is 1. The molecule has 0 aliphatic heterocycles. The number of aromatic nitrogens is 4. The molecule has 0 radical (unpaired) electrons. The first-order valence-electron chi connectivity index (χ1n) is 11.2. The fourth-order valence-electron chi connectivity index (χ4n) is 3.29. The lowest BCUT2D eigenvalue weighted by Crippen LogP contribution is -2.29. The third kappa shape index (κ3) is 6.57. The summed E-state index contributed by atoms with van der Waals surface area (Å²) in [7, 11) is 3.98. The first-order valence-corrected chi connectivity index (χ1v) is 11.6. The van der Waals surface area contributed by atoms with E-state index in [1.165, 1.54) is 24.3 Å². The summed E-state index contributed by atoms with van der Waals surface area (Å²) in [5.41, 5.74) is 0.996. The molecule has 2 N–H and O–H groups in total. The topological polar surface area (TPSA) is 97.2 Å². The van der Waals surface area contributed by atoms with Crippen LogP contribution in [-0.4, -0.2) is 50.8 Å². The molecule has 0 bridgehead atoms. The van der Waals surface area contributed by atoms with Gasteiger partial charge in [0.05, 0.1) is 5.02 Å². The molecule has 2 heterocycles. The molecule has 4 rings (SSSR count). The fourth-order valence-corrected chi connectivity index (χ4v) is 3.47. The zero-order chi connectivity index (χ0) is 26.5. The SMILES string of the molecule is CC(Cn1cnnc1-c1cc(Oc2ccc(NC(=O)Nc3ccc(F)c(Cl)c3)cc2F)ccn1)N(C)C. The molecule has 2 amide bonds. The van der Waals surface area contributed by atoms with Gasteiger partial charge in [0.1, 0.15) is 23.6 Å². The van der Waals surface area contributed by atoms with Crippen LogP contribution in [-0.2, 0) is 6.54 Å². The molecular formula is C25H24ClF2N7O2. The Morgan fingerprint density at radius 1 is 1.08 bits per heavy atom. The summed E-state index contributed by atoms with van der Waals surface area (Å²) < 4.78 is 35.7. The van der Waals surface area contributed by atoms with Crippen molar-refractivity contribution in [3.8, 4) is 23.0 Å². The fraction of sp³-hybridized carbons (Fsp3) is 0.200. The van der Waals surface area contributed by atoms with Crippen molar-refractivity contribution >= 4 is 29.0 Å². The molecule has 2 aromatic carbocycles. The Bertz CT molecular complexity index is 1410. The van der Waals surface area contributed by atoms with Gasteiger partial charge in [0.2, 0.25) is 0 Å². The highest BCUT2D eigenvalue weighted by Gasteiger charge is 2.15. The van der Waals surface area contributed by atoms with Gasteiger partial charge in [0, 0.05) is 42.3 Å². The second-order valence-electron chi connectivity index (χ2n) is 8.45. The number of anilines is 2. The highest BCUT2D eigenvalue weighted by molar-refractivity contribution is 6.31. The molecule has 9 nitrogen and oxygen atoms in total. The molecule has 1 atom stereocenters. The van der Waals surface area contributed by atoms with Gasteiger partial charge in [-0.2, -0.15) is 0 Å². The molecule has 0 saturated heterocycles. The van der Waals surface area contributed by atoms with E-state index in [1.54, 1.807) is 24.7 Å². The van der Waals surface area contributed by atoms with Crippen LogP contribution in [0.1, 0.15) is 6.92 Å². The van der Waals surface area contributed by atoms with Gasteiger partial charge in [-0.25, -0.2) is 13.6 Å². The van der Waals surface area contributed by atoms with Gasteiger partial charge >= 0.3 is 6.03 Å². The smallest absolute Gasteiger partial charge is 0.323 e. The van der Waals surface area contributed by atoms with Crippen LogP contribution in [0, 0.1) is 11.6 Å². The Labute approximate surface area is 217 Å². The lowest BCUT2D eigenvalue weighted by atomic mass is 10.2. The molecule has 4 aromatic rings. The Balaban J connectivity index is 1.43. The average Bonchev–Trinajstić information content (AvgIpc) is 3.31. The van der Waals surface area contributed by atoms with Gasteiger partial charge in [-0.3, -0.25) is 4.98 Å². The second kappa shape index (κ2) is 11.3. The number of likely N-dealkylation sites (N-methyl/N-ethyl adjacent to an activating group) is 1. The van der Waals surface area contributed by atoms with Gasteiger partial charge in [0.25, 0.3) is 0 Å². The number of carbonyl (C=O) groups excluding carboxylic acids is 1. The third-order valence-corrected chi connectivity index (χ3v) is 5.80. The van der Waals surface area contributed by atoms with Crippen LogP contribution in [0.3, 0.4) is 0 Å². The first-order chi connectivity index (χ1) is 17.7. The van der Waals surface area contributed by atoms with E-state index in [0.717, 1.165) is 12.1 Å². The van der Waals surface area contributed by atoms with Crippen molar-refractivity contribution in [3.05, 3.63) is 77.7 Å². The summed E-state index contributed by atoms with van der Waals surface area (Å²) in [6, 6.07) is 10.6. The Hall–Kier alpha value is -4.09. The highest BCUT2D eigenvalue weighted by atomic mass is 35.5. The number of halogens is 3. The summed E-state index contributed by atoms with van der Waals surface area (Å²) in [6.07, 6.45) is 3.18. The maximum atomic E-state index is 14.8. The van der Waals surface area contributed by atoms with E-state index in [-0.39, 0.29) is 28.2 Å². The zero-order valence-electron chi connectivity index (χ0n) is 20.2. The van der Waals surface area contributed by atoms with Crippen LogP contribution in [0.4, 0.5) is 25.0 Å². The lowest BCUT2D eigenvalue weighted by Gasteiger charge is -2.20. The van der Waals surface area contributed by atoms with Crippen LogP contribution in [0.25, 0.3) is 11.5 Å². The molecule has 0 fully saturated rings. The number of carbonyl (C=O) groups is 1. The van der Waals surface area contributed by atoms with Crippen LogP contribution < -0.4 is 15.4 Å². The molecule has 1 unspecified atom stereocenters. The Kier molecular flexibility index (Phi) is 7.95. The van der Waals surface area contributed by atoms with Crippen LogP contribution >= 0.6 is 11.6 Å². The quantitative estimate of drug-likeness (QED) is 0.307. The van der Waals surface area contributed by atoms with E-state index in [1.807, 2.05) is 18.7 Å². The number of nitrogens with zero attached hydrogens (tertiary/aromatic N) is 5. The Morgan fingerprint density at radius 3 is 2.51 bits per heavy atom. The van der Waals surface area contributed by atoms with E-state index in [0.29, 0.717) is 23.8 Å². The summed E-state index contributed by atoms with van der Waals surface area (Å²) in [4.78, 5) is 18.7. The lowest BCUT2D eigenvalue weighted by molar-refractivity contribution is 0.262. The predicted molar refractivity (Wildman–Crippen MR) is 137 cm³/mol. The minimum atomic E-state index is -0.691. The van der Waals surface area contributed by atoms with E-state index in [4.69, 9.17) is 16.3 Å². The van der Waals surface area contributed by atoms with Crippen molar-refractivity contribution in [2.24, 2.45) is 0 Å². The number of ether oxygens (including phenoxy) is 1. The van der Waals surface area contributed by atoms with Crippen molar-refractivity contribution in [3.63, 3.8) is 0 Å². The largest absolute Gasteiger partial charge is 0.454 e. The molecule has 0 aliphatic rings. The maximum Gasteiger partial charge on any atom is 0.323 e. The molecule has 0 spiro atoms. The molecule has 37 heavy (non-hydrogen) atoms. The number of hydrogen-bond acceptors (Lipinski definition) is 6. The number of amides is 2. The van der Waals surface area contributed by atoms with Crippen molar-refractivity contribution < 1.29 is 18.3 Å². The van der Waals surface area contributed by atoms with Crippen LogP contribution in [0.2, 0.25) is 5.02 Å². The number of hydrogen-bond donors (Lipinski definition) is 2. The molecule has 0 saturated carbocycles. The van der Waals surface area contributed by atoms with Crippen molar-refractivity contribution in [2.75, 3.05) is 24.7 Å². The molecule has 2 aromatic heterocycles. The second-order valence-corrected chi connectivity index (χ2v) is 8.86. The number of rotatable bonds is 8. The van der Waals surface area contributed by atoms with E-state index >= 15 is 0 Å². The Morgan fingerprint density at radius 2 is 1.81 bits per heavy atom. The minimum Gasteiger partial charge on any atom is -0.454 e. The summed E-state index contributed by atoms with van der Waals surface area (Å²) in [5.74, 6) is -0.425. The summed E-state index contributed by atoms with van der Waals surface area (Å²) in [5, 5.41) is 13.0. The zero-order valence-corrected chi connectivity index (χ0v) is 21.0. The van der Waals surface area contributed by atoms with E-state index in [9.17, 15) is 13.6 Å². The molecule has 192 valence electrons. The van der Waals surface area contributed by atoms with Crippen molar-refractivity contribution in [2.45, 2.75) is 19.5 Å². The van der Waals surface area contributed by atoms with Crippen LogP contribution in [0.5, 0.6) is 11.5 Å². The summed E-state index contributed by atoms with van der Waals surface area (Å²) in [6.45, 7) is 2.74. The molecule has 12 heteroatoms. The normalized spacial score (nSPS) is 11.9. The number of nitrogens with one attached hydrogen (secondary N) is 2. The van der Waals surface area contributed by atoms with Gasteiger partial charge in [0.15, 0.2) is 17.4 Å². The average molecular weight is 528 g/mol. The minimum absolute atomic E-state index is 0.0453. The van der Waals surface area contributed by atoms with Crippen LogP contribution in [0.15, 0.2) is 61.1 Å². The van der Waals surface area contributed by atoms with Gasteiger partial charge in [-0.05, 0) is 57.4 Å². The summed E-state index contributed by atoms with van der Waals surface area (Å²) >= 11 is 5.72. The van der Waals surface area contributed by atoms with Crippen molar-refractivity contribution in [1.82, 2.24) is 24.6 Å². The predicted octanol–water partition coefficient (Wildman–Crippen LogP) is 5.66. The molecular weight excluding hydrogens is 504 g/mol. The monoisotopic (exact) mass is 527 g/mol. The molecule has 0 aliphatic carbocycles. The standard InChI is InChI=1S/C25H24ClF2N7O2/c1-15(34(2)3)13-35-14-30-33-24(35)22-12-18(8-9-29-22)37-23-7-5-17(11-21(23)28)32-25(36)31-16-4-6-20(27)19(26)10-16/h4-12,14-15H,13H2,1-3H3,(H2,31,32,36). The van der Waals surface area contributed by atoms with Crippen molar-refractivity contribution in [1.29, 1.82) is 0 Å². The number of pyridine rings is 1. The number of benzene rings is 2. The highest BCUT2D eigenvalue weighted by Crippen LogP contribution is 2.29. The van der Waals surface area contributed by atoms with E-state index in [2.05, 4.69) is 37.6 Å². The third-order valence-electron chi connectivity index (χ3n) is 5.51.